The summed E-state index contributed by atoms with van der Waals surface area (Å²) >= 11 is 0. The predicted molar refractivity (Wildman–Crippen MR) is 204 cm³/mol. The van der Waals surface area contributed by atoms with Crippen LogP contribution in [0.1, 0.15) is 52.0 Å². The van der Waals surface area contributed by atoms with E-state index < -0.39 is 0 Å². The van der Waals surface area contributed by atoms with E-state index in [1.165, 1.54) is 83.9 Å². The molecule has 3 aliphatic carbocycles. The highest BCUT2D eigenvalue weighted by molar-refractivity contribution is 5.98. The number of benzene rings is 5. The predicted octanol–water partition coefficient (Wildman–Crippen LogP) is 11.3. The lowest BCUT2D eigenvalue weighted by molar-refractivity contribution is 0.717. The Hall–Kier alpha value is -5.80. The van der Waals surface area contributed by atoms with Gasteiger partial charge in [-0.15, -0.1) is 0 Å². The van der Waals surface area contributed by atoms with Crippen molar-refractivity contribution in [2.75, 3.05) is 10.2 Å². The molecule has 0 bridgehead atoms. The fourth-order valence-corrected chi connectivity index (χ4v) is 9.32. The van der Waals surface area contributed by atoms with Crippen LogP contribution in [0.3, 0.4) is 0 Å². The summed E-state index contributed by atoms with van der Waals surface area (Å²) in [6.07, 6.45) is 19.5. The van der Waals surface area contributed by atoms with Crippen LogP contribution in [-0.4, -0.2) is 4.57 Å². The molecule has 3 unspecified atom stereocenters. The third-order valence-corrected chi connectivity index (χ3v) is 11.5. The van der Waals surface area contributed by atoms with Gasteiger partial charge in [-0.1, -0.05) is 109 Å². The number of nitrogens with zero attached hydrogens (tertiary/aromatic N) is 2. The van der Waals surface area contributed by atoms with Gasteiger partial charge in [0.15, 0.2) is 0 Å². The molecule has 5 aromatic carbocycles. The second-order valence-electron chi connectivity index (χ2n) is 14.0. The number of fused-ring (bicyclic) bond motifs is 14. The van der Waals surface area contributed by atoms with E-state index in [1.54, 1.807) is 0 Å². The van der Waals surface area contributed by atoms with Crippen LogP contribution in [0.4, 0.5) is 17.1 Å². The lowest BCUT2D eigenvalue weighted by atomic mass is 9.76. The van der Waals surface area contributed by atoms with Gasteiger partial charge in [0, 0.05) is 45.3 Å². The molecule has 3 heteroatoms. The fourth-order valence-electron chi connectivity index (χ4n) is 9.32. The Balaban J connectivity index is 1.12. The van der Waals surface area contributed by atoms with Gasteiger partial charge in [0.1, 0.15) is 6.17 Å². The van der Waals surface area contributed by atoms with E-state index in [9.17, 15) is 0 Å². The van der Waals surface area contributed by atoms with Crippen LogP contribution < -0.4 is 10.2 Å². The minimum absolute atomic E-state index is 0.0442. The number of para-hydroxylation sites is 3. The summed E-state index contributed by atoms with van der Waals surface area (Å²) < 4.78 is 2.52. The van der Waals surface area contributed by atoms with Crippen LogP contribution in [0.15, 0.2) is 146 Å². The first kappa shape index (κ1) is 27.2. The monoisotopic (exact) mass is 629 g/mol. The SMILES string of the molecule is C1=CC2C(c3ccc4c(c3)-c3cc(-n5c6c(c7ccccc75)C=CCC6)ccc3N3c5ccccc5NC43)=CCc3ccccc3C2C=C1. The highest BCUT2D eigenvalue weighted by Crippen LogP contribution is 2.55. The van der Waals surface area contributed by atoms with E-state index in [2.05, 4.69) is 167 Å². The van der Waals surface area contributed by atoms with Crippen molar-refractivity contribution in [3.63, 3.8) is 0 Å². The molecule has 0 spiro atoms. The van der Waals surface area contributed by atoms with Gasteiger partial charge in [-0.2, -0.15) is 0 Å². The van der Waals surface area contributed by atoms with E-state index in [0.29, 0.717) is 11.8 Å². The van der Waals surface area contributed by atoms with Crippen LogP contribution >= 0.6 is 0 Å². The normalized spacial score (nSPS) is 20.6. The van der Waals surface area contributed by atoms with Gasteiger partial charge in [0.25, 0.3) is 0 Å². The Morgan fingerprint density at radius 1 is 0.694 bits per heavy atom. The van der Waals surface area contributed by atoms with Gasteiger partial charge in [0.05, 0.1) is 22.6 Å². The molecule has 234 valence electrons. The molecular formula is C46H35N3. The number of hydrogen-bond donors (Lipinski definition) is 1. The van der Waals surface area contributed by atoms with Crippen LogP contribution in [0.2, 0.25) is 0 Å². The summed E-state index contributed by atoms with van der Waals surface area (Å²) in [6, 6.07) is 41.1. The number of rotatable bonds is 2. The summed E-state index contributed by atoms with van der Waals surface area (Å²) in [5, 5.41) is 5.22. The number of nitrogens with one attached hydrogen (secondary N) is 1. The molecule has 3 heterocycles. The molecule has 49 heavy (non-hydrogen) atoms. The highest BCUT2D eigenvalue weighted by Gasteiger charge is 2.39. The van der Waals surface area contributed by atoms with E-state index in [-0.39, 0.29) is 6.17 Å². The first-order valence-electron chi connectivity index (χ1n) is 17.7. The fraction of sp³-hybridized carbons (Fsp3) is 0.130. The Morgan fingerprint density at radius 3 is 2.53 bits per heavy atom. The molecule has 5 aliphatic rings. The Labute approximate surface area is 286 Å². The van der Waals surface area contributed by atoms with E-state index in [4.69, 9.17) is 0 Å². The summed E-state index contributed by atoms with van der Waals surface area (Å²) in [5.41, 5.74) is 18.5. The first-order valence-corrected chi connectivity index (χ1v) is 17.7. The summed E-state index contributed by atoms with van der Waals surface area (Å²) in [4.78, 5) is 2.51. The zero-order valence-electron chi connectivity index (χ0n) is 27.2. The zero-order chi connectivity index (χ0) is 32.1. The third-order valence-electron chi connectivity index (χ3n) is 11.5. The van der Waals surface area contributed by atoms with Crippen LogP contribution in [-0.2, 0) is 12.8 Å². The quantitative estimate of drug-likeness (QED) is 0.206. The van der Waals surface area contributed by atoms with Crippen LogP contribution in [0, 0.1) is 5.92 Å². The second kappa shape index (κ2) is 10.3. The van der Waals surface area contributed by atoms with E-state index in [1.807, 2.05) is 0 Å². The van der Waals surface area contributed by atoms with Crippen molar-refractivity contribution in [3.05, 3.63) is 179 Å². The van der Waals surface area contributed by atoms with Gasteiger partial charge < -0.3 is 14.8 Å². The van der Waals surface area contributed by atoms with Crippen molar-refractivity contribution in [2.24, 2.45) is 5.92 Å². The number of anilines is 3. The largest absolute Gasteiger partial charge is 0.359 e. The van der Waals surface area contributed by atoms with Crippen molar-refractivity contribution >= 4 is 39.6 Å². The van der Waals surface area contributed by atoms with Crippen molar-refractivity contribution in [2.45, 2.75) is 31.3 Å². The van der Waals surface area contributed by atoms with Gasteiger partial charge in [0.2, 0.25) is 0 Å². The number of hydrogen-bond acceptors (Lipinski definition) is 2. The van der Waals surface area contributed by atoms with Gasteiger partial charge in [-0.3, -0.25) is 0 Å². The topological polar surface area (TPSA) is 20.2 Å². The second-order valence-corrected chi connectivity index (χ2v) is 14.0. The zero-order valence-corrected chi connectivity index (χ0v) is 27.2. The standard InChI is InChI=1S/C46H35N3/c1-2-12-32-29(11-1)21-24-33(35-14-4-3-13-34(32)35)30-22-25-38-39(27-30)40-28-31(23-26-44(40)49-45-20-10-7-17-41(45)47-46(38)49)48-42-18-8-5-15-36(42)37-16-6-9-19-43(37)48/h1-8,10-18,20,22-28,34-35,46-47H,9,19,21H2. The minimum Gasteiger partial charge on any atom is -0.359 e. The maximum Gasteiger partial charge on any atom is 0.131 e. The van der Waals surface area contributed by atoms with Crippen molar-refractivity contribution in [1.82, 2.24) is 4.57 Å². The molecule has 0 amide bonds. The Kier molecular flexibility index (Phi) is 5.74. The van der Waals surface area contributed by atoms with E-state index in [0.717, 1.165) is 19.3 Å². The summed E-state index contributed by atoms with van der Waals surface area (Å²) in [7, 11) is 0. The molecule has 6 aromatic rings. The third kappa shape index (κ3) is 3.90. The Bertz CT molecular complexity index is 2490. The molecule has 0 radical (unpaired) electrons. The molecule has 3 nitrogen and oxygen atoms in total. The average Bonchev–Trinajstić information content (AvgIpc) is 3.66. The van der Waals surface area contributed by atoms with Gasteiger partial charge >= 0.3 is 0 Å². The van der Waals surface area contributed by atoms with Gasteiger partial charge in [-0.25, -0.2) is 0 Å². The maximum absolute atomic E-state index is 3.89. The smallest absolute Gasteiger partial charge is 0.131 e. The van der Waals surface area contributed by atoms with E-state index >= 15 is 0 Å². The molecule has 11 rings (SSSR count). The molecule has 0 saturated heterocycles. The Morgan fingerprint density at radius 2 is 1.55 bits per heavy atom. The maximum atomic E-state index is 3.89. The first-order chi connectivity index (χ1) is 24.3. The number of allylic oxidation sites excluding steroid dienone is 7. The van der Waals surface area contributed by atoms with Crippen LogP contribution in [0.25, 0.3) is 39.4 Å². The molecule has 1 N–H and O–H groups in total. The highest BCUT2D eigenvalue weighted by atomic mass is 15.3. The van der Waals surface area contributed by atoms with Crippen molar-refractivity contribution in [1.29, 1.82) is 0 Å². The molecule has 0 saturated carbocycles. The lowest BCUT2D eigenvalue weighted by Gasteiger charge is -2.36. The lowest BCUT2D eigenvalue weighted by Crippen LogP contribution is -2.28. The number of aromatic nitrogens is 1. The molecule has 0 fully saturated rings. The van der Waals surface area contributed by atoms with Crippen molar-refractivity contribution in [3.8, 4) is 16.8 Å². The summed E-state index contributed by atoms with van der Waals surface area (Å²) in [5.74, 6) is 0.644. The molecular weight excluding hydrogens is 595 g/mol. The van der Waals surface area contributed by atoms with Crippen LogP contribution in [0.5, 0.6) is 0 Å². The minimum atomic E-state index is 0.0442. The average molecular weight is 630 g/mol. The molecule has 2 aliphatic heterocycles. The molecule has 1 aromatic heterocycles. The summed E-state index contributed by atoms with van der Waals surface area (Å²) in [6.45, 7) is 0. The van der Waals surface area contributed by atoms with Gasteiger partial charge in [-0.05, 0) is 89.6 Å². The molecule has 3 atom stereocenters. The van der Waals surface area contributed by atoms with Crippen molar-refractivity contribution < 1.29 is 0 Å².